The van der Waals surface area contributed by atoms with Gasteiger partial charge in [-0.1, -0.05) is 6.92 Å². The number of methoxy groups -OCH3 is 1. The molecule has 4 unspecified atom stereocenters. The maximum absolute atomic E-state index is 8.98. The predicted octanol–water partition coefficient (Wildman–Crippen LogP) is 0.622. The molecule has 0 saturated carbocycles. The van der Waals surface area contributed by atoms with E-state index in [0.717, 1.165) is 0 Å². The van der Waals surface area contributed by atoms with Crippen molar-refractivity contribution in [3.05, 3.63) is 0 Å². The summed E-state index contributed by atoms with van der Waals surface area (Å²) in [4.78, 5) is 0. The molecule has 11 heavy (non-hydrogen) atoms. The van der Waals surface area contributed by atoms with Gasteiger partial charge in [-0.3, -0.25) is 0 Å². The molecule has 1 fully saturated rings. The lowest BCUT2D eigenvalue weighted by Crippen LogP contribution is -2.22. The molecule has 1 saturated heterocycles. The van der Waals surface area contributed by atoms with Gasteiger partial charge in [-0.25, -0.2) is 0 Å². The highest BCUT2D eigenvalue weighted by atomic mass is 16.7. The summed E-state index contributed by atoms with van der Waals surface area (Å²) in [5.41, 5.74) is 0. The van der Waals surface area contributed by atoms with Gasteiger partial charge in [0, 0.05) is 25.6 Å². The number of aliphatic hydroxyl groups is 1. The van der Waals surface area contributed by atoms with Crippen LogP contribution >= 0.6 is 0 Å². The molecule has 0 spiro atoms. The summed E-state index contributed by atoms with van der Waals surface area (Å²) in [5.74, 6) is 0.514. The van der Waals surface area contributed by atoms with Gasteiger partial charge in [0.1, 0.15) is 0 Å². The summed E-state index contributed by atoms with van der Waals surface area (Å²) in [6.07, 6.45) is -0.0258. The smallest absolute Gasteiger partial charge is 0.160 e. The van der Waals surface area contributed by atoms with Gasteiger partial charge in [0.05, 0.1) is 6.10 Å². The zero-order valence-electron chi connectivity index (χ0n) is 7.28. The van der Waals surface area contributed by atoms with E-state index in [1.54, 1.807) is 7.11 Å². The molecule has 0 radical (unpaired) electrons. The molecule has 0 bridgehead atoms. The second-order valence-electron chi connectivity index (χ2n) is 3.15. The minimum atomic E-state index is -0.137. The van der Waals surface area contributed by atoms with Crippen LogP contribution in [0.2, 0.25) is 0 Å². The fraction of sp³-hybridized carbons (Fsp3) is 1.00. The van der Waals surface area contributed by atoms with Crippen LogP contribution < -0.4 is 0 Å². The molecule has 3 heteroatoms. The van der Waals surface area contributed by atoms with Gasteiger partial charge in [0.15, 0.2) is 6.29 Å². The highest BCUT2D eigenvalue weighted by Crippen LogP contribution is 2.31. The van der Waals surface area contributed by atoms with Crippen molar-refractivity contribution in [1.29, 1.82) is 0 Å². The average Bonchev–Trinajstić information content (AvgIpc) is 2.26. The Morgan fingerprint density at radius 3 is 2.36 bits per heavy atom. The molecule has 1 aliphatic heterocycles. The minimum Gasteiger partial charge on any atom is -0.396 e. The van der Waals surface area contributed by atoms with E-state index in [9.17, 15) is 0 Å². The monoisotopic (exact) mass is 160 g/mol. The Hall–Kier alpha value is -0.120. The molecule has 1 N–H and O–H groups in total. The van der Waals surface area contributed by atoms with Crippen LogP contribution in [0.4, 0.5) is 0 Å². The van der Waals surface area contributed by atoms with Crippen LogP contribution in [-0.4, -0.2) is 31.2 Å². The summed E-state index contributed by atoms with van der Waals surface area (Å²) in [7, 11) is 1.63. The van der Waals surface area contributed by atoms with Crippen molar-refractivity contribution in [3.63, 3.8) is 0 Å². The highest BCUT2D eigenvalue weighted by Gasteiger charge is 2.38. The first-order valence-electron chi connectivity index (χ1n) is 3.99. The van der Waals surface area contributed by atoms with E-state index in [4.69, 9.17) is 14.6 Å². The van der Waals surface area contributed by atoms with Gasteiger partial charge in [-0.15, -0.1) is 0 Å². The van der Waals surface area contributed by atoms with E-state index in [0.29, 0.717) is 5.92 Å². The number of hydrogen-bond donors (Lipinski definition) is 1. The molecule has 0 aromatic rings. The highest BCUT2D eigenvalue weighted by molar-refractivity contribution is 4.80. The van der Waals surface area contributed by atoms with Crippen molar-refractivity contribution >= 4 is 0 Å². The van der Waals surface area contributed by atoms with Crippen molar-refractivity contribution < 1.29 is 14.6 Å². The number of hydrogen-bond acceptors (Lipinski definition) is 3. The van der Waals surface area contributed by atoms with E-state index in [-0.39, 0.29) is 24.9 Å². The zero-order chi connectivity index (χ0) is 8.43. The molecule has 1 rings (SSSR count). The lowest BCUT2D eigenvalue weighted by molar-refractivity contribution is -0.125. The fourth-order valence-corrected chi connectivity index (χ4v) is 1.65. The second kappa shape index (κ2) is 3.52. The van der Waals surface area contributed by atoms with E-state index in [2.05, 4.69) is 0 Å². The zero-order valence-corrected chi connectivity index (χ0v) is 7.28. The first-order valence-corrected chi connectivity index (χ1v) is 3.99. The Balaban J connectivity index is 2.55. The molecule has 4 atom stereocenters. The van der Waals surface area contributed by atoms with E-state index in [1.165, 1.54) is 0 Å². The number of rotatable bonds is 2. The van der Waals surface area contributed by atoms with Crippen molar-refractivity contribution in [2.75, 3.05) is 13.7 Å². The number of ether oxygens (including phenoxy) is 2. The third kappa shape index (κ3) is 1.55. The van der Waals surface area contributed by atoms with Crippen LogP contribution in [-0.2, 0) is 9.47 Å². The minimum absolute atomic E-state index is 0.111. The van der Waals surface area contributed by atoms with Crippen molar-refractivity contribution in [3.8, 4) is 0 Å². The summed E-state index contributed by atoms with van der Waals surface area (Å²) in [5, 5.41) is 8.98. The number of aliphatic hydroxyl groups excluding tert-OH is 1. The van der Waals surface area contributed by atoms with Gasteiger partial charge in [-0.2, -0.15) is 0 Å². The van der Waals surface area contributed by atoms with Gasteiger partial charge in [0.2, 0.25) is 0 Å². The lowest BCUT2D eigenvalue weighted by atomic mass is 9.93. The molecule has 0 amide bonds. The first kappa shape index (κ1) is 8.97. The lowest BCUT2D eigenvalue weighted by Gasteiger charge is -2.15. The quantitative estimate of drug-likeness (QED) is 0.643. The largest absolute Gasteiger partial charge is 0.396 e. The second-order valence-corrected chi connectivity index (χ2v) is 3.15. The van der Waals surface area contributed by atoms with Gasteiger partial charge in [0.25, 0.3) is 0 Å². The first-order chi connectivity index (χ1) is 5.20. The molecule has 1 heterocycles. The van der Waals surface area contributed by atoms with Gasteiger partial charge >= 0.3 is 0 Å². The van der Waals surface area contributed by atoms with Crippen LogP contribution in [0.25, 0.3) is 0 Å². The van der Waals surface area contributed by atoms with Crippen molar-refractivity contribution in [2.45, 2.75) is 26.2 Å². The molecular weight excluding hydrogens is 144 g/mol. The van der Waals surface area contributed by atoms with E-state index < -0.39 is 0 Å². The SMILES string of the molecule is COC1OC(C)C(CO)C1C. The molecule has 0 aliphatic carbocycles. The molecule has 3 nitrogen and oxygen atoms in total. The Bertz CT molecular complexity index is 127. The Morgan fingerprint density at radius 2 is 2.09 bits per heavy atom. The maximum atomic E-state index is 8.98. The van der Waals surface area contributed by atoms with Crippen molar-refractivity contribution in [1.82, 2.24) is 0 Å². The molecule has 1 aliphatic rings. The summed E-state index contributed by atoms with van der Waals surface area (Å²) in [6, 6.07) is 0. The van der Waals surface area contributed by atoms with Crippen LogP contribution in [0.5, 0.6) is 0 Å². The third-order valence-corrected chi connectivity index (χ3v) is 2.50. The fourth-order valence-electron chi connectivity index (χ4n) is 1.65. The van der Waals surface area contributed by atoms with Crippen LogP contribution in [0.3, 0.4) is 0 Å². The van der Waals surface area contributed by atoms with Crippen LogP contribution in [0.15, 0.2) is 0 Å². The molecular formula is C8H16O3. The third-order valence-electron chi connectivity index (χ3n) is 2.50. The van der Waals surface area contributed by atoms with E-state index in [1.807, 2.05) is 13.8 Å². The predicted molar refractivity (Wildman–Crippen MR) is 41.1 cm³/mol. The summed E-state index contributed by atoms with van der Waals surface area (Å²) in [6.45, 7) is 4.19. The van der Waals surface area contributed by atoms with Crippen molar-refractivity contribution in [2.24, 2.45) is 11.8 Å². The molecule has 0 aromatic heterocycles. The van der Waals surface area contributed by atoms with Crippen LogP contribution in [0.1, 0.15) is 13.8 Å². The summed E-state index contributed by atoms with van der Waals surface area (Å²) >= 11 is 0. The molecule has 66 valence electrons. The Labute approximate surface area is 67.3 Å². The van der Waals surface area contributed by atoms with Crippen LogP contribution in [0, 0.1) is 11.8 Å². The Morgan fingerprint density at radius 1 is 1.45 bits per heavy atom. The molecule has 0 aromatic carbocycles. The summed E-state index contributed by atoms with van der Waals surface area (Å²) < 4.78 is 10.5. The van der Waals surface area contributed by atoms with Gasteiger partial charge in [-0.05, 0) is 6.92 Å². The standard InChI is InChI=1S/C8H16O3/c1-5-7(4-9)6(2)11-8(5)10-3/h5-9H,4H2,1-3H3. The average molecular weight is 160 g/mol. The Kier molecular flexibility index (Phi) is 2.87. The topological polar surface area (TPSA) is 38.7 Å². The van der Waals surface area contributed by atoms with Gasteiger partial charge < -0.3 is 14.6 Å². The normalized spacial score (nSPS) is 44.7. The maximum Gasteiger partial charge on any atom is 0.160 e. The van der Waals surface area contributed by atoms with E-state index >= 15 is 0 Å².